The molecule has 122 valence electrons. The van der Waals surface area contributed by atoms with E-state index in [0.717, 1.165) is 16.8 Å². The summed E-state index contributed by atoms with van der Waals surface area (Å²) in [5, 5.41) is 19.6. The molecule has 0 saturated carbocycles. The van der Waals surface area contributed by atoms with E-state index in [1.807, 2.05) is 18.8 Å². The number of ether oxygens (including phenoxy) is 1. The monoisotopic (exact) mass is 314 g/mol. The second-order valence-electron chi connectivity index (χ2n) is 5.63. The Kier molecular flexibility index (Phi) is 4.64. The minimum atomic E-state index is -1.94. The molecule has 2 rings (SSSR count). The number of H-pyrrole nitrogens is 1. The standard InChI is InChI=1S/C14H19FN2O5/c1-8(2)3-5-14(7-18)11(20)10(15)12(22-14)17-6-4-9(19)16-13(17)21/h3-6,8,10-12,18,20H,7H2,1-2H3,(H,16,19,21)/t10-,11+,12-,14-/m1/s1. The Morgan fingerprint density at radius 2 is 2.23 bits per heavy atom. The van der Waals surface area contributed by atoms with Crippen molar-refractivity contribution in [3.05, 3.63) is 45.3 Å². The van der Waals surface area contributed by atoms with E-state index < -0.39 is 42.0 Å². The van der Waals surface area contributed by atoms with Gasteiger partial charge in [-0.05, 0) is 5.92 Å². The molecule has 7 nitrogen and oxygen atoms in total. The van der Waals surface area contributed by atoms with Gasteiger partial charge in [-0.1, -0.05) is 26.0 Å². The molecule has 8 heteroatoms. The summed E-state index contributed by atoms with van der Waals surface area (Å²) in [7, 11) is 0. The maximum Gasteiger partial charge on any atom is 0.330 e. The molecule has 0 unspecified atom stereocenters. The van der Waals surface area contributed by atoms with E-state index in [1.54, 1.807) is 6.08 Å². The smallest absolute Gasteiger partial charge is 0.330 e. The van der Waals surface area contributed by atoms with Crippen LogP contribution in [0.15, 0.2) is 34.0 Å². The normalized spacial score (nSPS) is 32.2. The molecule has 0 radical (unpaired) electrons. The van der Waals surface area contributed by atoms with Crippen molar-refractivity contribution in [3.8, 4) is 0 Å². The van der Waals surface area contributed by atoms with E-state index >= 15 is 0 Å². The lowest BCUT2D eigenvalue weighted by atomic mass is 9.95. The van der Waals surface area contributed by atoms with Crippen LogP contribution in [0.2, 0.25) is 0 Å². The van der Waals surface area contributed by atoms with Gasteiger partial charge < -0.3 is 14.9 Å². The summed E-state index contributed by atoms with van der Waals surface area (Å²) in [6.07, 6.45) is -0.854. The van der Waals surface area contributed by atoms with E-state index in [-0.39, 0.29) is 5.92 Å². The van der Waals surface area contributed by atoms with Gasteiger partial charge in [0.1, 0.15) is 11.7 Å². The van der Waals surface area contributed by atoms with Crippen LogP contribution in [0.3, 0.4) is 0 Å². The number of allylic oxidation sites excluding steroid dienone is 1. The van der Waals surface area contributed by atoms with Crippen LogP contribution in [-0.2, 0) is 4.74 Å². The summed E-state index contributed by atoms with van der Waals surface area (Å²) >= 11 is 0. The average molecular weight is 314 g/mol. The molecule has 2 heterocycles. The zero-order valence-corrected chi connectivity index (χ0v) is 12.3. The van der Waals surface area contributed by atoms with Crippen LogP contribution in [0.5, 0.6) is 0 Å². The first-order valence-electron chi connectivity index (χ1n) is 6.92. The van der Waals surface area contributed by atoms with Gasteiger partial charge in [0.15, 0.2) is 12.4 Å². The minimum Gasteiger partial charge on any atom is -0.393 e. The van der Waals surface area contributed by atoms with Crippen LogP contribution in [0, 0.1) is 5.92 Å². The summed E-state index contributed by atoms with van der Waals surface area (Å²) in [6.45, 7) is 3.10. The summed E-state index contributed by atoms with van der Waals surface area (Å²) < 4.78 is 20.7. The summed E-state index contributed by atoms with van der Waals surface area (Å²) in [6, 6.07) is 1.05. The number of alkyl halides is 1. The lowest BCUT2D eigenvalue weighted by Gasteiger charge is -2.26. The fraction of sp³-hybridized carbons (Fsp3) is 0.571. The van der Waals surface area contributed by atoms with Crippen molar-refractivity contribution in [1.82, 2.24) is 9.55 Å². The van der Waals surface area contributed by atoms with Crippen LogP contribution >= 0.6 is 0 Å². The molecule has 0 amide bonds. The number of hydrogen-bond acceptors (Lipinski definition) is 5. The fourth-order valence-electron chi connectivity index (χ4n) is 2.30. The average Bonchev–Trinajstić information content (AvgIpc) is 2.71. The Morgan fingerprint density at radius 1 is 1.55 bits per heavy atom. The van der Waals surface area contributed by atoms with Crippen molar-refractivity contribution in [3.63, 3.8) is 0 Å². The summed E-state index contributed by atoms with van der Waals surface area (Å²) in [5.41, 5.74) is -3.11. The van der Waals surface area contributed by atoms with Crippen LogP contribution < -0.4 is 11.2 Å². The SMILES string of the molecule is CC(C)C=C[C@]1(CO)O[C@@H](n2ccc(=O)[nH]c2=O)[C@H](F)[C@@H]1O. The Bertz CT molecular complexity index is 668. The highest BCUT2D eigenvalue weighted by Crippen LogP contribution is 2.39. The van der Waals surface area contributed by atoms with E-state index in [1.165, 1.54) is 6.08 Å². The maximum atomic E-state index is 14.4. The summed E-state index contributed by atoms with van der Waals surface area (Å²) in [5.74, 6) is 0.104. The van der Waals surface area contributed by atoms with Crippen molar-refractivity contribution >= 4 is 0 Å². The zero-order chi connectivity index (χ0) is 16.5. The molecule has 22 heavy (non-hydrogen) atoms. The number of aliphatic hydroxyl groups is 2. The first kappa shape index (κ1) is 16.6. The van der Waals surface area contributed by atoms with Crippen LogP contribution in [0.4, 0.5) is 4.39 Å². The van der Waals surface area contributed by atoms with Crippen LogP contribution in [-0.4, -0.2) is 44.2 Å². The summed E-state index contributed by atoms with van der Waals surface area (Å²) in [4.78, 5) is 24.8. The Labute approximate surface area is 125 Å². The van der Waals surface area contributed by atoms with Gasteiger partial charge in [-0.2, -0.15) is 0 Å². The lowest BCUT2D eigenvalue weighted by Crippen LogP contribution is -2.43. The largest absolute Gasteiger partial charge is 0.393 e. The van der Waals surface area contributed by atoms with E-state index in [2.05, 4.69) is 0 Å². The lowest BCUT2D eigenvalue weighted by molar-refractivity contribution is -0.0986. The molecule has 1 aromatic rings. The van der Waals surface area contributed by atoms with Gasteiger partial charge in [-0.25, -0.2) is 9.18 Å². The highest BCUT2D eigenvalue weighted by molar-refractivity contribution is 5.14. The molecule has 1 aliphatic heterocycles. The van der Waals surface area contributed by atoms with Gasteiger partial charge in [0.25, 0.3) is 5.56 Å². The number of hydrogen-bond donors (Lipinski definition) is 3. The highest BCUT2D eigenvalue weighted by atomic mass is 19.1. The maximum absolute atomic E-state index is 14.4. The number of halogens is 1. The third-order valence-corrected chi connectivity index (χ3v) is 3.55. The number of rotatable bonds is 4. The fourth-order valence-corrected chi connectivity index (χ4v) is 2.30. The number of aromatic nitrogens is 2. The van der Waals surface area contributed by atoms with Crippen molar-refractivity contribution in [1.29, 1.82) is 0 Å². The molecule has 1 aromatic heterocycles. The Morgan fingerprint density at radius 3 is 2.77 bits per heavy atom. The first-order valence-corrected chi connectivity index (χ1v) is 6.92. The second kappa shape index (κ2) is 6.15. The number of nitrogens with zero attached hydrogens (tertiary/aromatic N) is 1. The molecule has 0 bridgehead atoms. The van der Waals surface area contributed by atoms with Gasteiger partial charge in [-0.15, -0.1) is 0 Å². The number of nitrogens with one attached hydrogen (secondary N) is 1. The third kappa shape index (κ3) is 2.90. The molecule has 1 saturated heterocycles. The topological polar surface area (TPSA) is 105 Å². The van der Waals surface area contributed by atoms with Crippen molar-refractivity contribution in [2.75, 3.05) is 6.61 Å². The van der Waals surface area contributed by atoms with E-state index in [0.29, 0.717) is 0 Å². The quantitative estimate of drug-likeness (QED) is 0.662. The molecule has 3 N–H and O–H groups in total. The molecule has 0 aliphatic carbocycles. The van der Waals surface area contributed by atoms with Gasteiger partial charge in [0.2, 0.25) is 0 Å². The van der Waals surface area contributed by atoms with E-state index in [9.17, 15) is 24.2 Å². The minimum absolute atomic E-state index is 0.104. The highest BCUT2D eigenvalue weighted by Gasteiger charge is 2.54. The molecule has 1 fully saturated rings. The molecular weight excluding hydrogens is 295 g/mol. The van der Waals surface area contributed by atoms with Gasteiger partial charge in [0.05, 0.1) is 6.61 Å². The van der Waals surface area contributed by atoms with Crippen molar-refractivity contribution in [2.24, 2.45) is 5.92 Å². The Hall–Kier alpha value is -1.77. The molecule has 0 aromatic carbocycles. The zero-order valence-electron chi connectivity index (χ0n) is 12.3. The second-order valence-corrected chi connectivity index (χ2v) is 5.63. The number of aliphatic hydroxyl groups excluding tert-OH is 2. The van der Waals surface area contributed by atoms with Gasteiger partial charge >= 0.3 is 5.69 Å². The number of aromatic amines is 1. The molecule has 1 aliphatic rings. The third-order valence-electron chi connectivity index (χ3n) is 3.55. The molecule has 0 spiro atoms. The van der Waals surface area contributed by atoms with Crippen LogP contribution in [0.1, 0.15) is 20.1 Å². The van der Waals surface area contributed by atoms with E-state index in [4.69, 9.17) is 4.74 Å². The van der Waals surface area contributed by atoms with Gasteiger partial charge in [-0.3, -0.25) is 14.3 Å². The predicted molar refractivity (Wildman–Crippen MR) is 76.1 cm³/mol. The Balaban J connectivity index is 2.40. The predicted octanol–water partition coefficient (Wildman–Crippen LogP) is -0.292. The van der Waals surface area contributed by atoms with Crippen LogP contribution in [0.25, 0.3) is 0 Å². The first-order chi connectivity index (χ1) is 10.3. The van der Waals surface area contributed by atoms with Crippen molar-refractivity contribution < 1.29 is 19.3 Å². The van der Waals surface area contributed by atoms with Gasteiger partial charge in [0, 0.05) is 12.3 Å². The molecular formula is C14H19FN2O5. The molecule has 4 atom stereocenters. The van der Waals surface area contributed by atoms with Crippen molar-refractivity contribution in [2.45, 2.75) is 38.0 Å².